The van der Waals surface area contributed by atoms with Crippen LogP contribution < -0.4 is 20.1 Å². The van der Waals surface area contributed by atoms with E-state index in [4.69, 9.17) is 4.74 Å². The van der Waals surface area contributed by atoms with Gasteiger partial charge in [-0.2, -0.15) is 8.78 Å². The zero-order chi connectivity index (χ0) is 17.4. The number of nitrogens with one attached hydrogen (secondary N) is 2. The van der Waals surface area contributed by atoms with Crippen LogP contribution in [-0.4, -0.2) is 19.2 Å². The number of benzene rings is 2. The third-order valence-electron chi connectivity index (χ3n) is 2.92. The van der Waals surface area contributed by atoms with Crippen LogP contribution in [0.15, 0.2) is 48.5 Å². The SMILES string of the molecule is CCCOc1ccc(NC(=O)Nc2ccc(OC(F)F)cc2)cc1. The minimum Gasteiger partial charge on any atom is -0.494 e. The molecule has 0 aromatic heterocycles. The lowest BCUT2D eigenvalue weighted by molar-refractivity contribution is -0.0498. The Morgan fingerprint density at radius 2 is 1.46 bits per heavy atom. The van der Waals surface area contributed by atoms with E-state index in [-0.39, 0.29) is 5.75 Å². The van der Waals surface area contributed by atoms with Crippen molar-refractivity contribution >= 4 is 17.4 Å². The molecule has 0 unspecified atom stereocenters. The van der Waals surface area contributed by atoms with Crippen LogP contribution in [0.5, 0.6) is 11.5 Å². The first kappa shape index (κ1) is 17.5. The summed E-state index contributed by atoms with van der Waals surface area (Å²) < 4.78 is 33.8. The highest BCUT2D eigenvalue weighted by atomic mass is 19.3. The van der Waals surface area contributed by atoms with Crippen molar-refractivity contribution in [3.63, 3.8) is 0 Å². The van der Waals surface area contributed by atoms with Gasteiger partial charge in [-0.1, -0.05) is 6.92 Å². The fourth-order valence-electron chi connectivity index (χ4n) is 1.87. The second-order valence-corrected chi connectivity index (χ2v) is 4.85. The molecule has 0 saturated heterocycles. The monoisotopic (exact) mass is 336 g/mol. The summed E-state index contributed by atoms with van der Waals surface area (Å²) in [6.07, 6.45) is 0.920. The molecule has 0 radical (unpaired) electrons. The van der Waals surface area contributed by atoms with Crippen molar-refractivity contribution in [2.45, 2.75) is 20.0 Å². The van der Waals surface area contributed by atoms with Crippen molar-refractivity contribution in [3.05, 3.63) is 48.5 Å². The molecule has 0 saturated carbocycles. The summed E-state index contributed by atoms with van der Waals surface area (Å²) >= 11 is 0. The summed E-state index contributed by atoms with van der Waals surface area (Å²) in [7, 11) is 0. The van der Waals surface area contributed by atoms with E-state index < -0.39 is 12.6 Å². The molecule has 0 aliphatic heterocycles. The lowest BCUT2D eigenvalue weighted by atomic mass is 10.3. The number of carbonyl (C=O) groups is 1. The van der Waals surface area contributed by atoms with Gasteiger partial charge in [-0.25, -0.2) is 4.79 Å². The molecule has 7 heteroatoms. The van der Waals surface area contributed by atoms with Crippen LogP contribution in [0.25, 0.3) is 0 Å². The number of alkyl halides is 2. The molecule has 0 spiro atoms. The van der Waals surface area contributed by atoms with Gasteiger partial charge in [-0.05, 0) is 55.0 Å². The van der Waals surface area contributed by atoms with E-state index in [9.17, 15) is 13.6 Å². The van der Waals surface area contributed by atoms with Gasteiger partial charge in [-0.3, -0.25) is 0 Å². The highest BCUT2D eigenvalue weighted by Gasteiger charge is 2.06. The average molecular weight is 336 g/mol. The Morgan fingerprint density at radius 3 is 1.92 bits per heavy atom. The fraction of sp³-hybridized carbons (Fsp3) is 0.235. The molecule has 2 aromatic rings. The number of urea groups is 1. The predicted octanol–water partition coefficient (Wildman–Crippen LogP) is 4.72. The van der Waals surface area contributed by atoms with E-state index in [1.54, 1.807) is 24.3 Å². The topological polar surface area (TPSA) is 59.6 Å². The highest BCUT2D eigenvalue weighted by molar-refractivity contribution is 5.99. The zero-order valence-corrected chi connectivity index (χ0v) is 13.1. The Bertz CT molecular complexity index is 646. The Hall–Kier alpha value is -2.83. The highest BCUT2D eigenvalue weighted by Crippen LogP contribution is 2.19. The first-order chi connectivity index (χ1) is 11.6. The maximum atomic E-state index is 12.1. The number of amides is 2. The van der Waals surface area contributed by atoms with E-state index in [0.717, 1.165) is 12.2 Å². The van der Waals surface area contributed by atoms with Gasteiger partial charge in [0.2, 0.25) is 0 Å². The minimum absolute atomic E-state index is 0.0265. The van der Waals surface area contributed by atoms with Crippen molar-refractivity contribution < 1.29 is 23.0 Å². The second kappa shape index (κ2) is 8.71. The van der Waals surface area contributed by atoms with Crippen molar-refractivity contribution in [2.75, 3.05) is 17.2 Å². The molecule has 5 nitrogen and oxygen atoms in total. The normalized spacial score (nSPS) is 10.3. The maximum absolute atomic E-state index is 12.1. The van der Waals surface area contributed by atoms with Gasteiger partial charge in [0.05, 0.1) is 6.61 Å². The molecule has 0 aliphatic rings. The molecule has 128 valence electrons. The summed E-state index contributed by atoms with van der Waals surface area (Å²) in [4.78, 5) is 11.9. The van der Waals surface area contributed by atoms with Gasteiger partial charge in [0.15, 0.2) is 0 Å². The Balaban J connectivity index is 1.86. The Kier molecular flexibility index (Phi) is 6.36. The minimum atomic E-state index is -2.88. The van der Waals surface area contributed by atoms with E-state index in [0.29, 0.717) is 18.0 Å². The van der Waals surface area contributed by atoms with Crippen LogP contribution in [-0.2, 0) is 0 Å². The number of halogens is 2. The lowest BCUT2D eigenvalue weighted by Crippen LogP contribution is -2.19. The molecule has 2 N–H and O–H groups in total. The third kappa shape index (κ3) is 5.75. The number of anilines is 2. The summed E-state index contributed by atoms with van der Waals surface area (Å²) in [5.41, 5.74) is 1.06. The van der Waals surface area contributed by atoms with Gasteiger partial charge in [0.25, 0.3) is 0 Å². The molecule has 2 amide bonds. The smallest absolute Gasteiger partial charge is 0.387 e. The van der Waals surface area contributed by atoms with Gasteiger partial charge in [0, 0.05) is 11.4 Å². The van der Waals surface area contributed by atoms with Crippen LogP contribution in [0.3, 0.4) is 0 Å². The van der Waals surface area contributed by atoms with Gasteiger partial charge < -0.3 is 20.1 Å². The van der Waals surface area contributed by atoms with E-state index in [1.807, 2.05) is 6.92 Å². The second-order valence-electron chi connectivity index (χ2n) is 4.85. The van der Waals surface area contributed by atoms with Gasteiger partial charge >= 0.3 is 12.6 Å². The van der Waals surface area contributed by atoms with Crippen LogP contribution in [0, 0.1) is 0 Å². The summed E-state index contributed by atoms with van der Waals surface area (Å²) in [5, 5.41) is 5.26. The molecular weight excluding hydrogens is 318 g/mol. The summed E-state index contributed by atoms with van der Waals surface area (Å²) in [5.74, 6) is 0.760. The van der Waals surface area contributed by atoms with Crippen LogP contribution in [0.1, 0.15) is 13.3 Å². The maximum Gasteiger partial charge on any atom is 0.387 e. The predicted molar refractivity (Wildman–Crippen MR) is 87.9 cm³/mol. The Labute approximate surface area is 138 Å². The van der Waals surface area contributed by atoms with Crippen molar-refractivity contribution in [2.24, 2.45) is 0 Å². The van der Waals surface area contributed by atoms with Crippen LogP contribution in [0.4, 0.5) is 25.0 Å². The molecule has 24 heavy (non-hydrogen) atoms. The van der Waals surface area contributed by atoms with Crippen LogP contribution >= 0.6 is 0 Å². The number of hydrogen-bond acceptors (Lipinski definition) is 3. The average Bonchev–Trinajstić information content (AvgIpc) is 2.55. The standard InChI is InChI=1S/C17H18F2N2O3/c1-2-11-23-14-7-3-12(4-8-14)20-17(22)21-13-5-9-15(10-6-13)24-16(18)19/h3-10,16H,2,11H2,1H3,(H2,20,21,22). The Morgan fingerprint density at radius 1 is 0.958 bits per heavy atom. The summed E-state index contributed by atoms with van der Waals surface area (Å²) in [6.45, 7) is -0.221. The molecule has 0 fully saturated rings. The molecule has 0 aliphatic carbocycles. The van der Waals surface area contributed by atoms with Crippen molar-refractivity contribution in [3.8, 4) is 11.5 Å². The first-order valence-corrected chi connectivity index (χ1v) is 7.42. The molecule has 0 atom stereocenters. The molecule has 2 aromatic carbocycles. The molecule has 0 bridgehead atoms. The fourth-order valence-corrected chi connectivity index (χ4v) is 1.87. The molecule has 0 heterocycles. The number of ether oxygens (including phenoxy) is 2. The van der Waals surface area contributed by atoms with Crippen LogP contribution in [0.2, 0.25) is 0 Å². The van der Waals surface area contributed by atoms with E-state index in [1.165, 1.54) is 24.3 Å². The number of hydrogen-bond donors (Lipinski definition) is 2. The number of carbonyl (C=O) groups excluding carboxylic acids is 1. The number of rotatable bonds is 7. The van der Waals surface area contributed by atoms with Crippen molar-refractivity contribution in [1.29, 1.82) is 0 Å². The van der Waals surface area contributed by atoms with E-state index >= 15 is 0 Å². The third-order valence-corrected chi connectivity index (χ3v) is 2.92. The van der Waals surface area contributed by atoms with Gasteiger partial charge in [-0.15, -0.1) is 0 Å². The lowest BCUT2D eigenvalue weighted by Gasteiger charge is -2.10. The molecule has 2 rings (SSSR count). The summed E-state index contributed by atoms with van der Waals surface area (Å²) in [6, 6.07) is 12.2. The van der Waals surface area contributed by atoms with E-state index in [2.05, 4.69) is 15.4 Å². The van der Waals surface area contributed by atoms with Gasteiger partial charge in [0.1, 0.15) is 11.5 Å². The zero-order valence-electron chi connectivity index (χ0n) is 13.1. The molecular formula is C17H18F2N2O3. The largest absolute Gasteiger partial charge is 0.494 e. The quantitative estimate of drug-likeness (QED) is 0.769. The first-order valence-electron chi connectivity index (χ1n) is 7.42. The van der Waals surface area contributed by atoms with Crippen molar-refractivity contribution in [1.82, 2.24) is 0 Å².